The van der Waals surface area contributed by atoms with E-state index in [1.807, 2.05) is 0 Å². The minimum absolute atomic E-state index is 0.117. The molecule has 4 heterocycles. The molecule has 3 aliphatic rings. The molecule has 134 valence electrons. The van der Waals surface area contributed by atoms with Gasteiger partial charge in [0.2, 0.25) is 0 Å². The number of esters is 1. The number of piperidine rings is 1. The van der Waals surface area contributed by atoms with Gasteiger partial charge >= 0.3 is 5.97 Å². The maximum absolute atomic E-state index is 12.3. The van der Waals surface area contributed by atoms with E-state index in [-0.39, 0.29) is 18.0 Å². The Morgan fingerprint density at radius 3 is 3.04 bits per heavy atom. The van der Waals surface area contributed by atoms with Crippen LogP contribution in [0.2, 0.25) is 0 Å². The molecule has 26 heavy (non-hydrogen) atoms. The molecule has 0 amide bonds. The summed E-state index contributed by atoms with van der Waals surface area (Å²) in [6.45, 7) is 4.06. The summed E-state index contributed by atoms with van der Waals surface area (Å²) >= 11 is 0. The Balaban J connectivity index is 1.67. The van der Waals surface area contributed by atoms with Crippen molar-refractivity contribution in [2.45, 2.75) is 19.4 Å². The quantitative estimate of drug-likeness (QED) is 0.715. The van der Waals surface area contributed by atoms with Gasteiger partial charge in [0, 0.05) is 28.5 Å². The molecule has 1 fully saturated rings. The van der Waals surface area contributed by atoms with E-state index in [1.165, 1.54) is 39.2 Å². The smallest absolute Gasteiger partial charge is 0.337 e. The highest BCUT2D eigenvalue weighted by Gasteiger charge is 2.46. The Morgan fingerprint density at radius 2 is 2.19 bits per heavy atom. The third kappa shape index (κ3) is 2.16. The van der Waals surface area contributed by atoms with Crippen molar-refractivity contribution in [2.24, 2.45) is 11.8 Å². The van der Waals surface area contributed by atoms with Gasteiger partial charge in [0.05, 0.1) is 31.4 Å². The Bertz CT molecular complexity index is 1050. The van der Waals surface area contributed by atoms with Crippen molar-refractivity contribution in [3.05, 3.63) is 46.7 Å². The molecule has 5 nitrogen and oxygen atoms in total. The third-order valence-corrected chi connectivity index (χ3v) is 6.28. The van der Waals surface area contributed by atoms with Gasteiger partial charge in [-0.15, -0.1) is 0 Å². The van der Waals surface area contributed by atoms with Crippen molar-refractivity contribution in [1.29, 1.82) is 0 Å². The van der Waals surface area contributed by atoms with Gasteiger partial charge in [0.15, 0.2) is 0 Å². The Labute approximate surface area is 151 Å². The van der Waals surface area contributed by atoms with Crippen molar-refractivity contribution in [1.82, 2.24) is 4.98 Å². The lowest BCUT2D eigenvalue weighted by atomic mass is 9.75. The van der Waals surface area contributed by atoms with Crippen LogP contribution in [0, 0.1) is 11.8 Å². The van der Waals surface area contributed by atoms with Crippen LogP contribution in [0.1, 0.15) is 13.3 Å². The molecule has 0 radical (unpaired) electrons. The first kappa shape index (κ1) is 15.7. The van der Waals surface area contributed by atoms with Crippen molar-refractivity contribution in [3.8, 4) is 0 Å². The first-order valence-electron chi connectivity index (χ1n) is 9.26. The zero-order chi connectivity index (χ0) is 17.8. The molecule has 2 aromatic rings. The zero-order valence-electron chi connectivity index (χ0n) is 15.0. The summed E-state index contributed by atoms with van der Waals surface area (Å²) < 4.78 is 10.8. The van der Waals surface area contributed by atoms with Crippen molar-refractivity contribution in [3.63, 3.8) is 0 Å². The van der Waals surface area contributed by atoms with E-state index in [1.54, 1.807) is 6.26 Å². The number of fused-ring (bicyclic) bond motifs is 5. The summed E-state index contributed by atoms with van der Waals surface area (Å²) in [7, 11) is 1.44. The first-order valence-corrected chi connectivity index (χ1v) is 9.26. The maximum Gasteiger partial charge on any atom is 0.337 e. The van der Waals surface area contributed by atoms with Crippen LogP contribution in [0.3, 0.4) is 0 Å². The lowest BCUT2D eigenvalue weighted by molar-refractivity contribution is -0.830. The van der Waals surface area contributed by atoms with Crippen LogP contribution in [0.15, 0.2) is 36.1 Å². The average Bonchev–Trinajstić information content (AvgIpc) is 3.06. The lowest BCUT2D eigenvalue weighted by Gasteiger charge is -2.42. The Morgan fingerprint density at radius 1 is 1.35 bits per heavy atom. The van der Waals surface area contributed by atoms with Gasteiger partial charge in [-0.1, -0.05) is 18.2 Å². The highest BCUT2D eigenvalue weighted by molar-refractivity contribution is 5.89. The van der Waals surface area contributed by atoms with E-state index in [9.17, 15) is 4.79 Å². The summed E-state index contributed by atoms with van der Waals surface area (Å²) in [5.74, 6) is 0.213. The van der Waals surface area contributed by atoms with Crippen molar-refractivity contribution < 1.29 is 19.2 Å². The molecule has 0 aliphatic carbocycles. The number of carbonyl (C=O) groups is 1. The molecule has 0 saturated carbocycles. The number of H-pyrrole nitrogens is 1. The second kappa shape index (κ2) is 5.74. The molecule has 0 spiro atoms. The van der Waals surface area contributed by atoms with E-state index in [0.29, 0.717) is 11.5 Å². The number of aromatic amines is 1. The number of ether oxygens (including phenoxy) is 2. The molecule has 5 rings (SSSR count). The number of quaternary nitrogens is 1. The third-order valence-electron chi connectivity index (χ3n) is 6.28. The molecule has 1 aromatic carbocycles. The minimum Gasteiger partial charge on any atom is -0.497 e. The number of rotatable bonds is 1. The Hall–Kier alpha value is -2.53. The molecule has 1 unspecified atom stereocenters. The topological polar surface area (TPSA) is 55.8 Å². The fourth-order valence-electron chi connectivity index (χ4n) is 4.91. The molecular weight excluding hydrogens is 328 g/mol. The molecule has 0 bridgehead atoms. The zero-order valence-corrected chi connectivity index (χ0v) is 15.0. The average molecular weight is 351 g/mol. The number of carbonyl (C=O) groups excluding carboxylic acids is 1. The second-order valence-electron chi connectivity index (χ2n) is 7.53. The lowest BCUT2D eigenvalue weighted by Crippen LogP contribution is -3.13. The molecule has 1 aromatic heterocycles. The number of hydrogen-bond donors (Lipinski definition) is 2. The largest absolute Gasteiger partial charge is 0.497 e. The maximum atomic E-state index is 12.3. The van der Waals surface area contributed by atoms with Crippen LogP contribution < -0.4 is 15.5 Å². The molecule has 2 N–H and O–H groups in total. The fourth-order valence-corrected chi connectivity index (χ4v) is 4.91. The highest BCUT2D eigenvalue weighted by atomic mass is 16.5. The van der Waals surface area contributed by atoms with Gasteiger partial charge in [0.1, 0.15) is 23.7 Å². The van der Waals surface area contributed by atoms with Gasteiger partial charge in [-0.3, -0.25) is 0 Å². The van der Waals surface area contributed by atoms with Crippen molar-refractivity contribution >= 4 is 28.6 Å². The monoisotopic (exact) mass is 351 g/mol. The summed E-state index contributed by atoms with van der Waals surface area (Å²) in [6, 6.07) is 8.45. The molecule has 5 heteroatoms. The fraction of sp³-hybridized carbons (Fsp3) is 0.381. The van der Waals surface area contributed by atoms with E-state index in [2.05, 4.69) is 42.2 Å². The summed E-state index contributed by atoms with van der Waals surface area (Å²) in [4.78, 5) is 17.4. The normalized spacial score (nSPS) is 29.6. The van der Waals surface area contributed by atoms with Crippen LogP contribution in [0.5, 0.6) is 0 Å². The Kier molecular flexibility index (Phi) is 3.47. The van der Waals surface area contributed by atoms with Crippen LogP contribution in [-0.2, 0) is 14.3 Å². The summed E-state index contributed by atoms with van der Waals surface area (Å²) in [6.07, 6.45) is 4.96. The van der Waals surface area contributed by atoms with Crippen LogP contribution >= 0.6 is 0 Å². The number of aromatic nitrogens is 1. The van der Waals surface area contributed by atoms with E-state index < -0.39 is 0 Å². The number of benzene rings is 1. The van der Waals surface area contributed by atoms with Gasteiger partial charge in [-0.2, -0.15) is 0 Å². The predicted molar refractivity (Wildman–Crippen MR) is 98.4 cm³/mol. The summed E-state index contributed by atoms with van der Waals surface area (Å²) in [5, 5.41) is 3.82. The van der Waals surface area contributed by atoms with E-state index in [4.69, 9.17) is 9.47 Å². The van der Waals surface area contributed by atoms with Gasteiger partial charge in [0.25, 0.3) is 0 Å². The van der Waals surface area contributed by atoms with Crippen LogP contribution in [0.4, 0.5) is 0 Å². The number of hydrogen-bond acceptors (Lipinski definition) is 3. The van der Waals surface area contributed by atoms with Gasteiger partial charge in [-0.05, 0) is 19.1 Å². The predicted octanol–water partition coefficient (Wildman–Crippen LogP) is 0.0668. The second-order valence-corrected chi connectivity index (χ2v) is 7.53. The van der Waals surface area contributed by atoms with Crippen LogP contribution in [-0.4, -0.2) is 37.3 Å². The van der Waals surface area contributed by atoms with Crippen molar-refractivity contribution in [2.75, 3.05) is 20.2 Å². The van der Waals surface area contributed by atoms with Crippen LogP contribution in [0.25, 0.3) is 22.7 Å². The number of para-hydroxylation sites is 1. The van der Waals surface area contributed by atoms with Gasteiger partial charge in [-0.25, -0.2) is 4.79 Å². The number of methoxy groups -OCH3 is 1. The SMILES string of the molecule is COC(=O)C1=CO[C@@H](C)[C@@H]2C[NH+]3CC=c4c([nH]c5ccccc45)=C3C[C@@H]12. The highest BCUT2D eigenvalue weighted by Crippen LogP contribution is 2.36. The van der Waals surface area contributed by atoms with Gasteiger partial charge < -0.3 is 19.4 Å². The molecule has 3 aliphatic heterocycles. The first-order chi connectivity index (χ1) is 12.7. The molecule has 1 saturated heterocycles. The standard InChI is InChI=1S/C21H22N2O3/c1-12-16-10-23-8-7-14-13-5-3-4-6-18(13)22-20(14)19(23)9-15(16)17(11-26-12)21(24)25-2/h3-7,11-12,15-16,22H,8-10H2,1-2H3/p+1/t12-,15+,16-/m0/s1. The van der Waals surface area contributed by atoms with E-state index in [0.717, 1.165) is 19.5 Å². The minimum atomic E-state index is -0.268. The number of nitrogens with one attached hydrogen (secondary N) is 2. The van der Waals surface area contributed by atoms with E-state index >= 15 is 0 Å². The molecular formula is C21H23N2O3+. The summed E-state index contributed by atoms with van der Waals surface area (Å²) in [5.41, 5.74) is 3.23. The molecule has 4 atom stereocenters.